The van der Waals surface area contributed by atoms with Crippen LogP contribution in [0.2, 0.25) is 0 Å². The second kappa shape index (κ2) is 4.07. The van der Waals surface area contributed by atoms with Crippen molar-refractivity contribution in [2.45, 2.75) is 19.8 Å². The fourth-order valence-corrected chi connectivity index (χ4v) is 2.00. The predicted molar refractivity (Wildman–Crippen MR) is 46.5 cm³/mol. The van der Waals surface area contributed by atoms with Gasteiger partial charge in [0.15, 0.2) is 0 Å². The first-order valence-electron chi connectivity index (χ1n) is 4.55. The molecule has 1 N–H and O–H groups in total. The molecule has 0 unspecified atom stereocenters. The molecule has 2 nitrogen and oxygen atoms in total. The first-order chi connectivity index (χ1) is 5.26. The van der Waals surface area contributed by atoms with Gasteiger partial charge in [-0.2, -0.15) is 0 Å². The van der Waals surface area contributed by atoms with Gasteiger partial charge in [-0.1, -0.05) is 13.3 Å². The highest BCUT2D eigenvalue weighted by atomic mass is 16.3. The molecule has 66 valence electrons. The number of nitrogens with zero attached hydrogens (tertiary/aromatic N) is 1. The van der Waals surface area contributed by atoms with Gasteiger partial charge in [0.2, 0.25) is 0 Å². The topological polar surface area (TPSA) is 23.5 Å². The van der Waals surface area contributed by atoms with Gasteiger partial charge in [-0.15, -0.1) is 0 Å². The highest BCUT2D eigenvalue weighted by Crippen LogP contribution is 2.22. The van der Waals surface area contributed by atoms with Gasteiger partial charge in [-0.3, -0.25) is 0 Å². The third-order valence-electron chi connectivity index (χ3n) is 2.64. The molecular weight excluding hydrogens is 138 g/mol. The van der Waals surface area contributed by atoms with E-state index >= 15 is 0 Å². The molecule has 0 aliphatic carbocycles. The van der Waals surface area contributed by atoms with Crippen LogP contribution in [0, 0.1) is 11.8 Å². The minimum absolute atomic E-state index is 0.362. The molecule has 1 aliphatic rings. The SMILES string of the molecule is CC[C@@H]1C[C@@H](CO)CN(C)C1. The molecule has 0 amide bonds. The van der Waals surface area contributed by atoms with Crippen LogP contribution in [0.4, 0.5) is 0 Å². The second-order valence-corrected chi connectivity index (χ2v) is 3.78. The van der Waals surface area contributed by atoms with Gasteiger partial charge < -0.3 is 10.0 Å². The number of aliphatic hydroxyl groups excluding tert-OH is 1. The summed E-state index contributed by atoms with van der Waals surface area (Å²) in [4.78, 5) is 2.33. The van der Waals surface area contributed by atoms with E-state index in [1.807, 2.05) is 0 Å². The predicted octanol–water partition coefficient (Wildman–Crippen LogP) is 0.957. The molecule has 1 heterocycles. The van der Waals surface area contributed by atoms with Crippen molar-refractivity contribution in [3.8, 4) is 0 Å². The second-order valence-electron chi connectivity index (χ2n) is 3.78. The van der Waals surface area contributed by atoms with Crippen LogP contribution in [0.25, 0.3) is 0 Å². The molecule has 0 radical (unpaired) electrons. The zero-order valence-electron chi connectivity index (χ0n) is 7.58. The minimum Gasteiger partial charge on any atom is -0.396 e. The van der Waals surface area contributed by atoms with E-state index < -0.39 is 0 Å². The lowest BCUT2D eigenvalue weighted by Crippen LogP contribution is -2.38. The number of likely N-dealkylation sites (tertiary alicyclic amines) is 1. The van der Waals surface area contributed by atoms with Crippen molar-refractivity contribution < 1.29 is 5.11 Å². The summed E-state index contributed by atoms with van der Waals surface area (Å²) in [5.74, 6) is 1.34. The van der Waals surface area contributed by atoms with Crippen molar-refractivity contribution in [1.82, 2.24) is 4.90 Å². The summed E-state index contributed by atoms with van der Waals surface area (Å²) >= 11 is 0. The summed E-state index contributed by atoms with van der Waals surface area (Å²) < 4.78 is 0. The fraction of sp³-hybridized carbons (Fsp3) is 1.00. The number of hydrogen-bond donors (Lipinski definition) is 1. The molecular formula is C9H19NO. The first kappa shape index (κ1) is 9.01. The molecule has 0 saturated carbocycles. The van der Waals surface area contributed by atoms with Gasteiger partial charge in [-0.25, -0.2) is 0 Å². The largest absolute Gasteiger partial charge is 0.396 e. The molecule has 0 bridgehead atoms. The Hall–Kier alpha value is -0.0800. The Kier molecular flexibility index (Phi) is 3.34. The van der Waals surface area contributed by atoms with Crippen molar-refractivity contribution in [2.75, 3.05) is 26.7 Å². The number of rotatable bonds is 2. The standard InChI is InChI=1S/C9H19NO/c1-3-8-4-9(7-11)6-10(2)5-8/h8-9,11H,3-7H2,1-2H3/t8-,9-/m1/s1. The smallest absolute Gasteiger partial charge is 0.0471 e. The monoisotopic (exact) mass is 157 g/mol. The molecule has 0 spiro atoms. The zero-order chi connectivity index (χ0) is 8.27. The van der Waals surface area contributed by atoms with Crippen molar-refractivity contribution in [1.29, 1.82) is 0 Å². The molecule has 1 aliphatic heterocycles. The van der Waals surface area contributed by atoms with E-state index in [0.717, 1.165) is 12.5 Å². The summed E-state index contributed by atoms with van der Waals surface area (Å²) in [5, 5.41) is 9.00. The van der Waals surface area contributed by atoms with Crippen LogP contribution in [-0.4, -0.2) is 36.8 Å². The molecule has 11 heavy (non-hydrogen) atoms. The Bertz CT molecular complexity index is 104. The van der Waals surface area contributed by atoms with Crippen LogP contribution >= 0.6 is 0 Å². The summed E-state index contributed by atoms with van der Waals surface area (Å²) in [7, 11) is 2.14. The van der Waals surface area contributed by atoms with Crippen molar-refractivity contribution in [3.05, 3.63) is 0 Å². The van der Waals surface area contributed by atoms with Gasteiger partial charge in [0.1, 0.15) is 0 Å². The molecule has 0 aromatic rings. The third-order valence-corrected chi connectivity index (χ3v) is 2.64. The number of aliphatic hydroxyl groups is 1. The highest BCUT2D eigenvalue weighted by molar-refractivity contribution is 4.75. The quantitative estimate of drug-likeness (QED) is 0.645. The summed E-state index contributed by atoms with van der Waals surface area (Å²) in [6.45, 7) is 4.89. The van der Waals surface area contributed by atoms with Crippen LogP contribution in [0.1, 0.15) is 19.8 Å². The Balaban J connectivity index is 2.37. The molecule has 0 aromatic carbocycles. The molecule has 2 atom stereocenters. The minimum atomic E-state index is 0.362. The van der Waals surface area contributed by atoms with Crippen molar-refractivity contribution in [3.63, 3.8) is 0 Å². The van der Waals surface area contributed by atoms with E-state index in [1.54, 1.807) is 0 Å². The Labute approximate surface area is 69.2 Å². The lowest BCUT2D eigenvalue weighted by Gasteiger charge is -2.34. The third kappa shape index (κ3) is 2.46. The molecule has 1 rings (SSSR count). The van der Waals surface area contributed by atoms with Crippen LogP contribution in [0.5, 0.6) is 0 Å². The van der Waals surface area contributed by atoms with Gasteiger partial charge in [-0.05, 0) is 25.3 Å². The van der Waals surface area contributed by atoms with E-state index in [9.17, 15) is 0 Å². The first-order valence-corrected chi connectivity index (χ1v) is 4.55. The van der Waals surface area contributed by atoms with E-state index in [1.165, 1.54) is 19.4 Å². The summed E-state index contributed by atoms with van der Waals surface area (Å²) in [6, 6.07) is 0. The maximum absolute atomic E-state index is 9.00. The average Bonchev–Trinajstić information content (AvgIpc) is 2.03. The van der Waals surface area contributed by atoms with Gasteiger partial charge in [0, 0.05) is 19.7 Å². The maximum atomic E-state index is 9.00. The maximum Gasteiger partial charge on any atom is 0.0471 e. The Morgan fingerprint density at radius 3 is 2.55 bits per heavy atom. The van der Waals surface area contributed by atoms with Crippen LogP contribution in [-0.2, 0) is 0 Å². The Morgan fingerprint density at radius 2 is 2.00 bits per heavy atom. The lowest BCUT2D eigenvalue weighted by atomic mass is 9.88. The van der Waals surface area contributed by atoms with Crippen LogP contribution < -0.4 is 0 Å². The van der Waals surface area contributed by atoms with Gasteiger partial charge in [0.25, 0.3) is 0 Å². The van der Waals surface area contributed by atoms with E-state index in [4.69, 9.17) is 5.11 Å². The molecule has 1 saturated heterocycles. The van der Waals surface area contributed by atoms with E-state index in [0.29, 0.717) is 12.5 Å². The van der Waals surface area contributed by atoms with Gasteiger partial charge >= 0.3 is 0 Å². The van der Waals surface area contributed by atoms with E-state index in [2.05, 4.69) is 18.9 Å². The fourth-order valence-electron chi connectivity index (χ4n) is 2.00. The van der Waals surface area contributed by atoms with E-state index in [-0.39, 0.29) is 0 Å². The van der Waals surface area contributed by atoms with Gasteiger partial charge in [0.05, 0.1) is 0 Å². The molecule has 1 fully saturated rings. The molecule has 2 heteroatoms. The lowest BCUT2D eigenvalue weighted by molar-refractivity contribution is 0.100. The number of piperidine rings is 1. The molecule has 0 aromatic heterocycles. The summed E-state index contributed by atoms with van der Waals surface area (Å²) in [6.07, 6.45) is 2.47. The van der Waals surface area contributed by atoms with Crippen LogP contribution in [0.15, 0.2) is 0 Å². The van der Waals surface area contributed by atoms with Crippen molar-refractivity contribution in [2.24, 2.45) is 11.8 Å². The number of hydrogen-bond acceptors (Lipinski definition) is 2. The average molecular weight is 157 g/mol. The summed E-state index contributed by atoms with van der Waals surface area (Å²) in [5.41, 5.74) is 0. The van der Waals surface area contributed by atoms with Crippen LogP contribution in [0.3, 0.4) is 0 Å². The normalized spacial score (nSPS) is 34.1. The highest BCUT2D eigenvalue weighted by Gasteiger charge is 2.22. The zero-order valence-corrected chi connectivity index (χ0v) is 7.58. The Morgan fingerprint density at radius 1 is 1.36 bits per heavy atom. The van der Waals surface area contributed by atoms with Crippen molar-refractivity contribution >= 4 is 0 Å².